The normalized spacial score (nSPS) is 25.4. The smallest absolute Gasteiger partial charge is 0.222 e. The molecule has 2 fully saturated rings. The van der Waals surface area contributed by atoms with Crippen LogP contribution in [0.3, 0.4) is 0 Å². The third kappa shape index (κ3) is 3.95. The summed E-state index contributed by atoms with van der Waals surface area (Å²) in [5.41, 5.74) is 0. The molecule has 1 aliphatic heterocycles. The van der Waals surface area contributed by atoms with Gasteiger partial charge in [0.15, 0.2) is 0 Å². The molecule has 1 heterocycles. The van der Waals surface area contributed by atoms with Gasteiger partial charge in [-0.1, -0.05) is 0 Å². The Morgan fingerprint density at radius 3 is 2.69 bits per heavy atom. The monoisotopic (exact) mass is 246 g/mol. The Morgan fingerprint density at radius 2 is 2.00 bits per heavy atom. The standard InChI is InChI=1S/C12H22N2O.ClH/c1-14(11-4-5-11)12(15)9-10-3-2-7-13-8-6-10;/h10-11,13H,2-9H2,1H3;1H. The van der Waals surface area contributed by atoms with E-state index in [-0.39, 0.29) is 12.4 Å². The van der Waals surface area contributed by atoms with Crippen LogP contribution < -0.4 is 5.32 Å². The molecule has 1 aliphatic carbocycles. The van der Waals surface area contributed by atoms with Gasteiger partial charge in [0.2, 0.25) is 5.91 Å². The summed E-state index contributed by atoms with van der Waals surface area (Å²) in [5, 5.41) is 3.39. The molecule has 0 aromatic carbocycles. The van der Waals surface area contributed by atoms with E-state index in [9.17, 15) is 4.79 Å². The number of amides is 1. The van der Waals surface area contributed by atoms with Crippen LogP contribution in [0.25, 0.3) is 0 Å². The molecular weight excluding hydrogens is 224 g/mol. The molecule has 1 amide bonds. The molecule has 1 saturated heterocycles. The highest BCUT2D eigenvalue weighted by Crippen LogP contribution is 2.27. The third-order valence-corrected chi connectivity index (χ3v) is 3.65. The van der Waals surface area contributed by atoms with E-state index in [1.807, 2.05) is 11.9 Å². The quantitative estimate of drug-likeness (QED) is 0.824. The zero-order valence-corrected chi connectivity index (χ0v) is 10.9. The van der Waals surface area contributed by atoms with E-state index in [4.69, 9.17) is 0 Å². The van der Waals surface area contributed by atoms with Crippen molar-refractivity contribution >= 4 is 18.3 Å². The summed E-state index contributed by atoms with van der Waals surface area (Å²) >= 11 is 0. The molecule has 3 nitrogen and oxygen atoms in total. The molecule has 1 atom stereocenters. The van der Waals surface area contributed by atoms with Crippen molar-refractivity contribution < 1.29 is 4.79 Å². The van der Waals surface area contributed by atoms with Crippen LogP contribution in [-0.4, -0.2) is 37.0 Å². The molecule has 0 bridgehead atoms. The van der Waals surface area contributed by atoms with Crippen LogP contribution in [0.4, 0.5) is 0 Å². The van der Waals surface area contributed by atoms with E-state index < -0.39 is 0 Å². The van der Waals surface area contributed by atoms with Crippen LogP contribution in [0.1, 0.15) is 38.5 Å². The molecule has 1 N–H and O–H groups in total. The molecule has 94 valence electrons. The summed E-state index contributed by atoms with van der Waals surface area (Å²) < 4.78 is 0. The summed E-state index contributed by atoms with van der Waals surface area (Å²) in [6.45, 7) is 2.22. The van der Waals surface area contributed by atoms with E-state index in [0.29, 0.717) is 17.9 Å². The third-order valence-electron chi connectivity index (χ3n) is 3.65. The van der Waals surface area contributed by atoms with E-state index in [2.05, 4.69) is 5.32 Å². The van der Waals surface area contributed by atoms with Crippen LogP contribution in [0.5, 0.6) is 0 Å². The second-order valence-electron chi connectivity index (χ2n) is 4.99. The van der Waals surface area contributed by atoms with Gasteiger partial charge in [-0.25, -0.2) is 0 Å². The number of halogens is 1. The Hall–Kier alpha value is -0.280. The first kappa shape index (κ1) is 13.8. The van der Waals surface area contributed by atoms with E-state index >= 15 is 0 Å². The Morgan fingerprint density at radius 1 is 1.25 bits per heavy atom. The van der Waals surface area contributed by atoms with Crippen molar-refractivity contribution in [1.82, 2.24) is 10.2 Å². The fourth-order valence-corrected chi connectivity index (χ4v) is 2.35. The van der Waals surface area contributed by atoms with Crippen molar-refractivity contribution in [2.75, 3.05) is 20.1 Å². The number of nitrogens with zero attached hydrogens (tertiary/aromatic N) is 1. The van der Waals surface area contributed by atoms with Gasteiger partial charge in [-0.2, -0.15) is 0 Å². The minimum Gasteiger partial charge on any atom is -0.343 e. The van der Waals surface area contributed by atoms with Crippen molar-refractivity contribution in [2.24, 2.45) is 5.92 Å². The topological polar surface area (TPSA) is 32.3 Å². The van der Waals surface area contributed by atoms with Crippen LogP contribution in [0, 0.1) is 5.92 Å². The highest BCUT2D eigenvalue weighted by atomic mass is 35.5. The predicted octanol–water partition coefficient (Wildman–Crippen LogP) is 1.81. The van der Waals surface area contributed by atoms with Crippen LogP contribution in [0.2, 0.25) is 0 Å². The number of rotatable bonds is 3. The van der Waals surface area contributed by atoms with Crippen molar-refractivity contribution in [3.05, 3.63) is 0 Å². The summed E-state index contributed by atoms with van der Waals surface area (Å²) in [5.74, 6) is 0.984. The lowest BCUT2D eigenvalue weighted by Gasteiger charge is -2.20. The summed E-state index contributed by atoms with van der Waals surface area (Å²) in [6.07, 6.45) is 6.82. The first-order chi connectivity index (χ1) is 7.27. The molecule has 1 saturated carbocycles. The molecule has 0 aromatic rings. The molecule has 0 radical (unpaired) electrons. The first-order valence-corrected chi connectivity index (χ1v) is 6.24. The van der Waals surface area contributed by atoms with Crippen molar-refractivity contribution in [3.8, 4) is 0 Å². The molecule has 1 unspecified atom stereocenters. The molecule has 4 heteroatoms. The second kappa shape index (κ2) is 6.45. The van der Waals surface area contributed by atoms with Gasteiger partial charge < -0.3 is 10.2 Å². The van der Waals surface area contributed by atoms with Crippen molar-refractivity contribution in [1.29, 1.82) is 0 Å². The highest BCUT2D eigenvalue weighted by Gasteiger charge is 2.30. The maximum Gasteiger partial charge on any atom is 0.222 e. The van der Waals surface area contributed by atoms with Crippen LogP contribution >= 0.6 is 12.4 Å². The van der Waals surface area contributed by atoms with E-state index in [1.165, 1.54) is 32.1 Å². The predicted molar refractivity (Wildman–Crippen MR) is 67.9 cm³/mol. The summed E-state index contributed by atoms with van der Waals surface area (Å²) in [7, 11) is 1.97. The van der Waals surface area contributed by atoms with Crippen molar-refractivity contribution in [3.63, 3.8) is 0 Å². The summed E-state index contributed by atoms with van der Waals surface area (Å²) in [6, 6.07) is 0.571. The molecule has 2 rings (SSSR count). The lowest BCUT2D eigenvalue weighted by atomic mass is 9.96. The Bertz CT molecular complexity index is 223. The molecule has 16 heavy (non-hydrogen) atoms. The maximum atomic E-state index is 11.9. The van der Waals surface area contributed by atoms with Gasteiger partial charge in [0, 0.05) is 19.5 Å². The van der Waals surface area contributed by atoms with E-state index in [1.54, 1.807) is 0 Å². The first-order valence-electron chi connectivity index (χ1n) is 6.24. The zero-order chi connectivity index (χ0) is 10.7. The minimum absolute atomic E-state index is 0. The zero-order valence-electron chi connectivity index (χ0n) is 10.1. The van der Waals surface area contributed by atoms with Crippen LogP contribution in [-0.2, 0) is 4.79 Å². The van der Waals surface area contributed by atoms with Gasteiger partial charge in [0.1, 0.15) is 0 Å². The number of carbonyl (C=O) groups is 1. The fraction of sp³-hybridized carbons (Fsp3) is 0.917. The average molecular weight is 247 g/mol. The molecule has 2 aliphatic rings. The van der Waals surface area contributed by atoms with Gasteiger partial charge in [-0.15, -0.1) is 12.4 Å². The lowest BCUT2D eigenvalue weighted by molar-refractivity contribution is -0.131. The van der Waals surface area contributed by atoms with Gasteiger partial charge in [0.25, 0.3) is 0 Å². The van der Waals surface area contributed by atoms with Gasteiger partial charge in [0.05, 0.1) is 0 Å². The largest absolute Gasteiger partial charge is 0.343 e. The molecule has 0 spiro atoms. The lowest BCUT2D eigenvalue weighted by Crippen LogP contribution is -2.30. The number of hydrogen-bond acceptors (Lipinski definition) is 2. The van der Waals surface area contributed by atoms with Gasteiger partial charge >= 0.3 is 0 Å². The minimum atomic E-state index is 0. The average Bonchev–Trinajstić information content (AvgIpc) is 3.04. The Kier molecular flexibility index (Phi) is 5.56. The van der Waals surface area contributed by atoms with Gasteiger partial charge in [-0.05, 0) is 51.1 Å². The Balaban J connectivity index is 0.00000128. The number of carbonyl (C=O) groups excluding carboxylic acids is 1. The fourth-order valence-electron chi connectivity index (χ4n) is 2.35. The SMILES string of the molecule is CN(C(=O)CC1CCCNCC1)C1CC1.Cl. The number of hydrogen-bond donors (Lipinski definition) is 1. The van der Waals surface area contributed by atoms with E-state index in [0.717, 1.165) is 19.5 Å². The summed E-state index contributed by atoms with van der Waals surface area (Å²) in [4.78, 5) is 13.9. The molecule has 0 aromatic heterocycles. The second-order valence-corrected chi connectivity index (χ2v) is 4.99. The maximum absolute atomic E-state index is 11.9. The Labute approximate surface area is 104 Å². The molecular formula is C12H23ClN2O. The van der Waals surface area contributed by atoms with Crippen molar-refractivity contribution in [2.45, 2.75) is 44.6 Å². The highest BCUT2D eigenvalue weighted by molar-refractivity contribution is 5.85. The number of nitrogens with one attached hydrogen (secondary N) is 1. The van der Waals surface area contributed by atoms with Crippen LogP contribution in [0.15, 0.2) is 0 Å². The van der Waals surface area contributed by atoms with Gasteiger partial charge in [-0.3, -0.25) is 4.79 Å².